The molecule has 5 heteroatoms. The smallest absolute Gasteiger partial charge is 0.165 e. The third kappa shape index (κ3) is 2.71. The number of halogens is 3. The number of rotatable bonds is 3. The highest BCUT2D eigenvalue weighted by Crippen LogP contribution is 2.27. The summed E-state index contributed by atoms with van der Waals surface area (Å²) in [5, 5.41) is 10.00. The molecule has 0 aliphatic heterocycles. The van der Waals surface area contributed by atoms with E-state index in [0.717, 1.165) is 18.2 Å². The summed E-state index contributed by atoms with van der Waals surface area (Å²) in [6, 6.07) is 6.92. The fraction of sp³-hybridized carbons (Fsp3) is 0.143. The summed E-state index contributed by atoms with van der Waals surface area (Å²) in [5.74, 6) is -2.66. The quantitative estimate of drug-likeness (QED) is 0.926. The van der Waals surface area contributed by atoms with Crippen LogP contribution in [0.5, 0.6) is 5.75 Å². The Morgan fingerprint density at radius 3 is 2.00 bits per heavy atom. The molecule has 0 saturated heterocycles. The molecule has 1 unspecified atom stereocenters. The minimum atomic E-state index is -1.24. The fourth-order valence-corrected chi connectivity index (χ4v) is 1.73. The SMILES string of the molecule is COc1ccc(C(O)c2ccc(F)c(F)c2)cc1F. The molecule has 0 fully saturated rings. The second kappa shape index (κ2) is 5.32. The number of ether oxygens (including phenoxy) is 1. The Hall–Kier alpha value is -2.01. The third-order valence-electron chi connectivity index (χ3n) is 2.75. The molecule has 0 aliphatic rings. The molecule has 0 heterocycles. The third-order valence-corrected chi connectivity index (χ3v) is 2.75. The zero-order chi connectivity index (χ0) is 14.0. The lowest BCUT2D eigenvalue weighted by Crippen LogP contribution is -2.02. The van der Waals surface area contributed by atoms with E-state index in [9.17, 15) is 18.3 Å². The molecule has 0 aromatic heterocycles. The van der Waals surface area contributed by atoms with Gasteiger partial charge in [-0.2, -0.15) is 0 Å². The zero-order valence-electron chi connectivity index (χ0n) is 10.0. The van der Waals surface area contributed by atoms with Crippen LogP contribution in [-0.2, 0) is 0 Å². The number of benzene rings is 2. The van der Waals surface area contributed by atoms with Gasteiger partial charge in [-0.05, 0) is 35.4 Å². The maximum atomic E-state index is 13.5. The van der Waals surface area contributed by atoms with Crippen molar-refractivity contribution in [3.63, 3.8) is 0 Å². The summed E-state index contributed by atoms with van der Waals surface area (Å²) in [4.78, 5) is 0. The van der Waals surface area contributed by atoms with Crippen molar-refractivity contribution in [3.8, 4) is 5.75 Å². The highest BCUT2D eigenvalue weighted by Gasteiger charge is 2.15. The van der Waals surface area contributed by atoms with Crippen LogP contribution in [0.25, 0.3) is 0 Å². The van der Waals surface area contributed by atoms with Gasteiger partial charge in [-0.25, -0.2) is 13.2 Å². The summed E-state index contributed by atoms with van der Waals surface area (Å²) in [7, 11) is 1.32. The molecule has 19 heavy (non-hydrogen) atoms. The molecule has 2 rings (SSSR count). The van der Waals surface area contributed by atoms with Crippen molar-refractivity contribution in [3.05, 3.63) is 65.0 Å². The lowest BCUT2D eigenvalue weighted by molar-refractivity contribution is 0.218. The van der Waals surface area contributed by atoms with E-state index in [-0.39, 0.29) is 16.9 Å². The molecular formula is C14H11F3O2. The van der Waals surface area contributed by atoms with Gasteiger partial charge in [-0.15, -0.1) is 0 Å². The second-order valence-electron chi connectivity index (χ2n) is 3.97. The van der Waals surface area contributed by atoms with Gasteiger partial charge in [0.05, 0.1) is 7.11 Å². The molecule has 0 radical (unpaired) electrons. The van der Waals surface area contributed by atoms with Crippen LogP contribution in [0.2, 0.25) is 0 Å². The summed E-state index contributed by atoms with van der Waals surface area (Å²) < 4.78 is 44.1. The monoisotopic (exact) mass is 268 g/mol. The first-order valence-electron chi connectivity index (χ1n) is 5.49. The predicted octanol–water partition coefficient (Wildman–Crippen LogP) is 3.19. The van der Waals surface area contributed by atoms with Crippen LogP contribution < -0.4 is 4.74 Å². The molecule has 2 nitrogen and oxygen atoms in total. The van der Waals surface area contributed by atoms with Gasteiger partial charge in [0.1, 0.15) is 6.10 Å². The van der Waals surface area contributed by atoms with Crippen LogP contribution in [0, 0.1) is 17.5 Å². The molecular weight excluding hydrogens is 257 g/mol. The first kappa shape index (κ1) is 13.4. The molecule has 0 bridgehead atoms. The number of methoxy groups -OCH3 is 1. The Balaban J connectivity index is 2.35. The van der Waals surface area contributed by atoms with Gasteiger partial charge in [-0.1, -0.05) is 12.1 Å². The van der Waals surface area contributed by atoms with Crippen molar-refractivity contribution in [1.29, 1.82) is 0 Å². The van der Waals surface area contributed by atoms with E-state index in [1.807, 2.05) is 0 Å². The maximum absolute atomic E-state index is 13.5. The van der Waals surface area contributed by atoms with Gasteiger partial charge >= 0.3 is 0 Å². The Labute approximate surface area is 108 Å². The standard InChI is InChI=1S/C14H11F3O2/c1-19-13-5-3-9(7-12(13)17)14(18)8-2-4-10(15)11(16)6-8/h2-7,14,18H,1H3. The van der Waals surface area contributed by atoms with E-state index in [4.69, 9.17) is 4.74 Å². The zero-order valence-corrected chi connectivity index (χ0v) is 10.0. The molecule has 1 atom stereocenters. The average Bonchev–Trinajstić information content (AvgIpc) is 2.41. The van der Waals surface area contributed by atoms with Gasteiger partial charge in [0.15, 0.2) is 23.2 Å². The summed E-state index contributed by atoms with van der Waals surface area (Å²) >= 11 is 0. The van der Waals surface area contributed by atoms with Gasteiger partial charge in [0, 0.05) is 0 Å². The van der Waals surface area contributed by atoms with Crippen LogP contribution in [0.3, 0.4) is 0 Å². The molecule has 0 aliphatic carbocycles. The number of hydrogen-bond donors (Lipinski definition) is 1. The van der Waals surface area contributed by atoms with Crippen molar-refractivity contribution in [2.75, 3.05) is 7.11 Å². The molecule has 0 amide bonds. The molecule has 0 saturated carbocycles. The summed E-state index contributed by atoms with van der Waals surface area (Å²) in [5.41, 5.74) is 0.368. The highest BCUT2D eigenvalue weighted by molar-refractivity contribution is 5.35. The van der Waals surface area contributed by atoms with Crippen molar-refractivity contribution in [2.24, 2.45) is 0 Å². The molecule has 2 aromatic rings. The average molecular weight is 268 g/mol. The van der Waals surface area contributed by atoms with Crippen LogP contribution >= 0.6 is 0 Å². The maximum Gasteiger partial charge on any atom is 0.165 e. The van der Waals surface area contributed by atoms with E-state index in [2.05, 4.69) is 0 Å². The van der Waals surface area contributed by atoms with Gasteiger partial charge in [0.2, 0.25) is 0 Å². The molecule has 100 valence electrons. The summed E-state index contributed by atoms with van der Waals surface area (Å²) in [6.45, 7) is 0. The Morgan fingerprint density at radius 1 is 0.895 bits per heavy atom. The van der Waals surface area contributed by atoms with E-state index < -0.39 is 23.6 Å². The van der Waals surface area contributed by atoms with Crippen molar-refractivity contribution < 1.29 is 23.0 Å². The van der Waals surface area contributed by atoms with E-state index in [1.54, 1.807) is 0 Å². The van der Waals surface area contributed by atoms with Gasteiger partial charge in [-0.3, -0.25) is 0 Å². The first-order valence-corrected chi connectivity index (χ1v) is 5.49. The number of aliphatic hydroxyl groups excluding tert-OH is 1. The minimum Gasteiger partial charge on any atom is -0.494 e. The Morgan fingerprint density at radius 2 is 1.47 bits per heavy atom. The van der Waals surface area contributed by atoms with Crippen LogP contribution in [0.1, 0.15) is 17.2 Å². The topological polar surface area (TPSA) is 29.5 Å². The molecule has 0 spiro atoms. The van der Waals surface area contributed by atoms with Crippen molar-refractivity contribution >= 4 is 0 Å². The fourth-order valence-electron chi connectivity index (χ4n) is 1.73. The Bertz CT molecular complexity index is 599. The predicted molar refractivity (Wildman–Crippen MR) is 63.4 cm³/mol. The van der Waals surface area contributed by atoms with Crippen LogP contribution in [0.15, 0.2) is 36.4 Å². The van der Waals surface area contributed by atoms with Gasteiger partial charge in [0.25, 0.3) is 0 Å². The van der Waals surface area contributed by atoms with Crippen molar-refractivity contribution in [2.45, 2.75) is 6.10 Å². The van der Waals surface area contributed by atoms with E-state index in [0.29, 0.717) is 0 Å². The highest BCUT2D eigenvalue weighted by atomic mass is 19.2. The summed E-state index contributed by atoms with van der Waals surface area (Å²) in [6.07, 6.45) is -1.24. The van der Waals surface area contributed by atoms with E-state index >= 15 is 0 Å². The normalized spacial score (nSPS) is 12.3. The molecule has 2 aromatic carbocycles. The number of hydrogen-bond acceptors (Lipinski definition) is 2. The molecule has 1 N–H and O–H groups in total. The van der Waals surface area contributed by atoms with E-state index in [1.165, 1.54) is 25.3 Å². The second-order valence-corrected chi connectivity index (χ2v) is 3.97. The Kier molecular flexibility index (Phi) is 3.76. The van der Waals surface area contributed by atoms with Gasteiger partial charge < -0.3 is 9.84 Å². The van der Waals surface area contributed by atoms with Crippen LogP contribution in [0.4, 0.5) is 13.2 Å². The van der Waals surface area contributed by atoms with Crippen molar-refractivity contribution in [1.82, 2.24) is 0 Å². The largest absolute Gasteiger partial charge is 0.494 e. The lowest BCUT2D eigenvalue weighted by atomic mass is 10.0. The number of aliphatic hydroxyl groups is 1. The lowest BCUT2D eigenvalue weighted by Gasteiger charge is -2.13. The first-order chi connectivity index (χ1) is 9.02. The minimum absolute atomic E-state index is 0.0428. The van der Waals surface area contributed by atoms with Crippen LogP contribution in [-0.4, -0.2) is 12.2 Å².